The first-order valence-electron chi connectivity index (χ1n) is 7.95. The van der Waals surface area contributed by atoms with Crippen LogP contribution >= 0.6 is 0 Å². The number of sulfonamides is 1. The van der Waals surface area contributed by atoms with Crippen LogP contribution in [0, 0.1) is 0 Å². The maximum atomic E-state index is 12.3. The van der Waals surface area contributed by atoms with Crippen LogP contribution < -0.4 is 10.0 Å². The molecule has 23 heavy (non-hydrogen) atoms. The molecule has 1 heterocycles. The summed E-state index contributed by atoms with van der Waals surface area (Å²) in [6.45, 7) is 3.27. The van der Waals surface area contributed by atoms with E-state index in [0.29, 0.717) is 12.1 Å². The first-order valence-corrected chi connectivity index (χ1v) is 9.60. The quantitative estimate of drug-likeness (QED) is 0.859. The predicted octanol–water partition coefficient (Wildman–Crippen LogP) is 1.82. The highest BCUT2D eigenvalue weighted by Gasteiger charge is 2.22. The Morgan fingerprint density at radius 2 is 2.04 bits per heavy atom. The van der Waals surface area contributed by atoms with E-state index in [0.717, 1.165) is 24.9 Å². The van der Waals surface area contributed by atoms with Gasteiger partial charge in [-0.1, -0.05) is 24.3 Å². The van der Waals surface area contributed by atoms with E-state index >= 15 is 0 Å². The number of urea groups is 1. The zero-order chi connectivity index (χ0) is 16.9. The average molecular weight is 339 g/mol. The van der Waals surface area contributed by atoms with Gasteiger partial charge in [0.2, 0.25) is 10.0 Å². The first kappa shape index (κ1) is 17.7. The van der Waals surface area contributed by atoms with Crippen LogP contribution in [0.2, 0.25) is 0 Å². The lowest BCUT2D eigenvalue weighted by Gasteiger charge is -2.33. The van der Waals surface area contributed by atoms with Gasteiger partial charge < -0.3 is 10.2 Å². The lowest BCUT2D eigenvalue weighted by Crippen LogP contribution is -2.47. The maximum absolute atomic E-state index is 12.3. The minimum Gasteiger partial charge on any atom is -0.334 e. The number of carbonyl (C=O) groups excluding carboxylic acids is 1. The van der Waals surface area contributed by atoms with E-state index in [-0.39, 0.29) is 17.8 Å². The summed E-state index contributed by atoms with van der Waals surface area (Å²) < 4.78 is 25.5. The number of nitrogens with zero attached hydrogens (tertiary/aromatic N) is 1. The normalized spacial score (nSPS) is 18.7. The van der Waals surface area contributed by atoms with Crippen LogP contribution in [-0.4, -0.2) is 39.0 Å². The van der Waals surface area contributed by atoms with Crippen LogP contribution in [0.1, 0.15) is 37.3 Å². The zero-order valence-corrected chi connectivity index (χ0v) is 14.5. The van der Waals surface area contributed by atoms with Gasteiger partial charge in [-0.3, -0.25) is 0 Å². The fourth-order valence-electron chi connectivity index (χ4n) is 2.80. The van der Waals surface area contributed by atoms with E-state index in [1.165, 1.54) is 13.5 Å². The van der Waals surface area contributed by atoms with Crippen molar-refractivity contribution in [3.05, 3.63) is 35.4 Å². The summed E-state index contributed by atoms with van der Waals surface area (Å²) in [7, 11) is -1.89. The molecule has 1 atom stereocenters. The molecule has 0 saturated carbocycles. The fourth-order valence-corrected chi connectivity index (χ4v) is 3.56. The average Bonchev–Trinajstić information content (AvgIpc) is 2.53. The molecule has 2 amide bonds. The minimum atomic E-state index is -3.29. The molecular formula is C16H25N3O3S. The highest BCUT2D eigenvalue weighted by Crippen LogP contribution is 2.16. The second-order valence-corrected chi connectivity index (χ2v) is 7.91. The molecule has 0 radical (unpaired) electrons. The van der Waals surface area contributed by atoms with E-state index < -0.39 is 10.0 Å². The number of amides is 2. The van der Waals surface area contributed by atoms with Crippen LogP contribution in [0.3, 0.4) is 0 Å². The van der Waals surface area contributed by atoms with Crippen molar-refractivity contribution in [1.82, 2.24) is 14.9 Å². The third kappa shape index (κ3) is 5.21. The number of likely N-dealkylation sites (tertiary alicyclic amines) is 1. The van der Waals surface area contributed by atoms with E-state index in [1.807, 2.05) is 23.1 Å². The van der Waals surface area contributed by atoms with Crippen molar-refractivity contribution < 1.29 is 13.2 Å². The highest BCUT2D eigenvalue weighted by atomic mass is 32.2. The van der Waals surface area contributed by atoms with Crippen molar-refractivity contribution in [3.8, 4) is 0 Å². The van der Waals surface area contributed by atoms with Crippen molar-refractivity contribution in [1.29, 1.82) is 0 Å². The van der Waals surface area contributed by atoms with Crippen LogP contribution in [0.5, 0.6) is 0 Å². The molecule has 1 aromatic carbocycles. The van der Waals surface area contributed by atoms with Gasteiger partial charge in [0.05, 0.1) is 5.75 Å². The lowest BCUT2D eigenvalue weighted by molar-refractivity contribution is 0.158. The Balaban J connectivity index is 1.94. The largest absolute Gasteiger partial charge is 0.334 e. The van der Waals surface area contributed by atoms with Crippen molar-refractivity contribution in [2.75, 3.05) is 13.6 Å². The monoisotopic (exact) mass is 339 g/mol. The van der Waals surface area contributed by atoms with Crippen LogP contribution in [-0.2, 0) is 22.3 Å². The van der Waals surface area contributed by atoms with Crippen molar-refractivity contribution in [2.45, 2.75) is 44.5 Å². The molecular weight excluding hydrogens is 314 g/mol. The van der Waals surface area contributed by atoms with Crippen molar-refractivity contribution in [3.63, 3.8) is 0 Å². The van der Waals surface area contributed by atoms with Crippen molar-refractivity contribution >= 4 is 16.1 Å². The molecule has 128 valence electrons. The number of nitrogens with one attached hydrogen (secondary N) is 2. The molecule has 7 heteroatoms. The molecule has 2 N–H and O–H groups in total. The van der Waals surface area contributed by atoms with Crippen LogP contribution in [0.25, 0.3) is 0 Å². The summed E-state index contributed by atoms with van der Waals surface area (Å²) in [6.07, 6.45) is 3.27. The predicted molar refractivity (Wildman–Crippen MR) is 90.4 cm³/mol. The van der Waals surface area contributed by atoms with Gasteiger partial charge in [-0.05, 0) is 44.4 Å². The molecule has 1 aliphatic rings. The van der Waals surface area contributed by atoms with Gasteiger partial charge in [0.25, 0.3) is 0 Å². The van der Waals surface area contributed by atoms with E-state index in [2.05, 4.69) is 17.0 Å². The van der Waals surface area contributed by atoms with Gasteiger partial charge in [0, 0.05) is 19.1 Å². The van der Waals surface area contributed by atoms with Gasteiger partial charge in [0.15, 0.2) is 0 Å². The molecule has 0 spiro atoms. The summed E-state index contributed by atoms with van der Waals surface area (Å²) in [5, 5.41) is 2.93. The molecule has 0 aliphatic carbocycles. The second-order valence-electron chi connectivity index (χ2n) is 5.98. The SMILES string of the molecule is CNS(=O)(=O)Cc1cccc(CNC(=O)N2CCCC[C@@H]2C)c1. The van der Waals surface area contributed by atoms with Crippen LogP contribution in [0.4, 0.5) is 4.79 Å². The van der Waals surface area contributed by atoms with Gasteiger partial charge in [-0.2, -0.15) is 0 Å². The minimum absolute atomic E-state index is 0.0505. The standard InChI is InChI=1S/C16H25N3O3S/c1-13-6-3-4-9-19(13)16(20)18-11-14-7-5-8-15(10-14)12-23(21,22)17-2/h5,7-8,10,13,17H,3-4,6,9,11-12H2,1-2H3,(H,18,20)/t13-/m0/s1. The summed E-state index contributed by atoms with van der Waals surface area (Å²) >= 11 is 0. The summed E-state index contributed by atoms with van der Waals surface area (Å²) in [5.74, 6) is -0.0611. The number of piperidine rings is 1. The first-order chi connectivity index (χ1) is 10.9. The second kappa shape index (κ2) is 7.79. The molecule has 0 unspecified atom stereocenters. The zero-order valence-electron chi connectivity index (χ0n) is 13.7. The Labute approximate surface area is 138 Å². The third-order valence-electron chi connectivity index (χ3n) is 4.17. The van der Waals surface area contributed by atoms with Gasteiger partial charge in [-0.25, -0.2) is 17.9 Å². The Hall–Kier alpha value is -1.60. The fraction of sp³-hybridized carbons (Fsp3) is 0.562. The summed E-state index contributed by atoms with van der Waals surface area (Å²) in [6, 6.07) is 7.50. The number of hydrogen-bond acceptors (Lipinski definition) is 3. The Kier molecular flexibility index (Phi) is 6.01. The molecule has 1 aliphatic heterocycles. The van der Waals surface area contributed by atoms with Gasteiger partial charge in [-0.15, -0.1) is 0 Å². The molecule has 1 fully saturated rings. The van der Waals surface area contributed by atoms with Crippen LogP contribution in [0.15, 0.2) is 24.3 Å². The van der Waals surface area contributed by atoms with E-state index in [9.17, 15) is 13.2 Å². The number of carbonyl (C=O) groups is 1. The lowest BCUT2D eigenvalue weighted by atomic mass is 10.0. The third-order valence-corrected chi connectivity index (χ3v) is 5.50. The Morgan fingerprint density at radius 3 is 2.74 bits per heavy atom. The van der Waals surface area contributed by atoms with E-state index in [4.69, 9.17) is 0 Å². The maximum Gasteiger partial charge on any atom is 0.317 e. The molecule has 2 rings (SSSR count). The molecule has 1 aromatic rings. The van der Waals surface area contributed by atoms with Gasteiger partial charge >= 0.3 is 6.03 Å². The molecule has 1 saturated heterocycles. The summed E-state index contributed by atoms with van der Waals surface area (Å²) in [5.41, 5.74) is 1.60. The molecule has 6 nitrogen and oxygen atoms in total. The highest BCUT2D eigenvalue weighted by molar-refractivity contribution is 7.88. The Bertz CT molecular complexity index is 646. The number of hydrogen-bond donors (Lipinski definition) is 2. The summed E-state index contributed by atoms with van der Waals surface area (Å²) in [4.78, 5) is 14.1. The van der Waals surface area contributed by atoms with Gasteiger partial charge in [0.1, 0.15) is 0 Å². The number of benzene rings is 1. The molecule has 0 aromatic heterocycles. The Morgan fingerprint density at radius 1 is 1.30 bits per heavy atom. The molecule has 0 bridgehead atoms. The number of rotatable bonds is 5. The topological polar surface area (TPSA) is 78.5 Å². The van der Waals surface area contributed by atoms with E-state index in [1.54, 1.807) is 6.07 Å². The smallest absolute Gasteiger partial charge is 0.317 e. The van der Waals surface area contributed by atoms with Crippen molar-refractivity contribution in [2.24, 2.45) is 0 Å².